The van der Waals surface area contributed by atoms with Crippen LogP contribution < -0.4 is 5.32 Å². The van der Waals surface area contributed by atoms with Gasteiger partial charge in [-0.1, -0.05) is 13.8 Å². The van der Waals surface area contributed by atoms with Gasteiger partial charge in [-0.3, -0.25) is 4.90 Å². The molecule has 0 aliphatic carbocycles. The molecule has 0 unspecified atom stereocenters. The Hall–Kier alpha value is -1.16. The Balaban J connectivity index is 2.09. The largest absolute Gasteiger partial charge is 0.357 e. The van der Waals surface area contributed by atoms with Gasteiger partial charge in [-0.2, -0.15) is 0 Å². The number of fused-ring (bicyclic) bond motifs is 1. The monoisotopic (exact) mass is 220 g/mol. The van der Waals surface area contributed by atoms with Crippen LogP contribution in [0.3, 0.4) is 0 Å². The molecule has 0 bridgehead atoms. The van der Waals surface area contributed by atoms with Gasteiger partial charge in [-0.25, -0.2) is 9.97 Å². The third-order valence-electron chi connectivity index (χ3n) is 2.86. The summed E-state index contributed by atoms with van der Waals surface area (Å²) in [5.41, 5.74) is 2.49. The molecule has 0 amide bonds. The van der Waals surface area contributed by atoms with Gasteiger partial charge in [0.2, 0.25) is 5.95 Å². The molecular weight excluding hydrogens is 200 g/mol. The molecule has 1 aliphatic rings. The van der Waals surface area contributed by atoms with Crippen LogP contribution in [0, 0.1) is 5.92 Å². The van der Waals surface area contributed by atoms with Gasteiger partial charge in [-0.15, -0.1) is 0 Å². The molecule has 0 saturated heterocycles. The highest BCUT2D eigenvalue weighted by atomic mass is 15.1. The fourth-order valence-corrected chi connectivity index (χ4v) is 2.17. The van der Waals surface area contributed by atoms with Gasteiger partial charge < -0.3 is 5.32 Å². The van der Waals surface area contributed by atoms with E-state index in [4.69, 9.17) is 0 Å². The lowest BCUT2D eigenvalue weighted by molar-refractivity contribution is 0.224. The van der Waals surface area contributed by atoms with Crippen molar-refractivity contribution in [3.63, 3.8) is 0 Å². The average molecular weight is 220 g/mol. The SMILES string of the molecule is CNc1ncc2c(n1)CCN(CC(C)C)C2. The van der Waals surface area contributed by atoms with Crippen molar-refractivity contribution >= 4 is 5.95 Å². The summed E-state index contributed by atoms with van der Waals surface area (Å²) in [5.74, 6) is 1.45. The van der Waals surface area contributed by atoms with Crippen LogP contribution >= 0.6 is 0 Å². The van der Waals surface area contributed by atoms with Gasteiger partial charge in [0, 0.05) is 44.9 Å². The molecule has 4 heteroatoms. The number of nitrogens with zero attached hydrogens (tertiary/aromatic N) is 3. The molecule has 0 saturated carbocycles. The highest BCUT2D eigenvalue weighted by Gasteiger charge is 2.18. The van der Waals surface area contributed by atoms with Crippen LogP contribution in [0.5, 0.6) is 0 Å². The van der Waals surface area contributed by atoms with Crippen molar-refractivity contribution in [3.8, 4) is 0 Å². The van der Waals surface area contributed by atoms with E-state index in [1.807, 2.05) is 13.2 Å². The van der Waals surface area contributed by atoms with Crippen molar-refractivity contribution in [2.75, 3.05) is 25.5 Å². The van der Waals surface area contributed by atoms with E-state index in [-0.39, 0.29) is 0 Å². The van der Waals surface area contributed by atoms with Crippen molar-refractivity contribution in [2.24, 2.45) is 5.92 Å². The van der Waals surface area contributed by atoms with Gasteiger partial charge in [0.15, 0.2) is 0 Å². The second-order valence-corrected chi connectivity index (χ2v) is 4.79. The first-order valence-corrected chi connectivity index (χ1v) is 5.94. The molecule has 2 rings (SSSR count). The van der Waals surface area contributed by atoms with Gasteiger partial charge in [-0.05, 0) is 5.92 Å². The van der Waals surface area contributed by atoms with E-state index in [1.165, 1.54) is 11.3 Å². The molecule has 4 nitrogen and oxygen atoms in total. The third-order valence-corrected chi connectivity index (χ3v) is 2.86. The summed E-state index contributed by atoms with van der Waals surface area (Å²) in [7, 11) is 1.86. The van der Waals surface area contributed by atoms with Crippen molar-refractivity contribution in [1.29, 1.82) is 0 Å². The van der Waals surface area contributed by atoms with Crippen molar-refractivity contribution in [2.45, 2.75) is 26.8 Å². The summed E-state index contributed by atoms with van der Waals surface area (Å²) in [6, 6.07) is 0. The normalized spacial score (nSPS) is 16.2. The van der Waals surface area contributed by atoms with E-state index in [2.05, 4.69) is 34.0 Å². The fraction of sp³-hybridized carbons (Fsp3) is 0.667. The van der Waals surface area contributed by atoms with Crippen LogP contribution in [0.15, 0.2) is 6.20 Å². The lowest BCUT2D eigenvalue weighted by Gasteiger charge is -2.29. The Morgan fingerprint density at radius 1 is 1.50 bits per heavy atom. The Morgan fingerprint density at radius 2 is 2.31 bits per heavy atom. The number of nitrogens with one attached hydrogen (secondary N) is 1. The van der Waals surface area contributed by atoms with Crippen molar-refractivity contribution in [3.05, 3.63) is 17.5 Å². The maximum atomic E-state index is 4.50. The smallest absolute Gasteiger partial charge is 0.222 e. The number of anilines is 1. The highest BCUT2D eigenvalue weighted by molar-refractivity contribution is 5.30. The molecule has 0 atom stereocenters. The number of hydrogen-bond donors (Lipinski definition) is 1. The predicted molar refractivity (Wildman–Crippen MR) is 65.4 cm³/mol. The van der Waals surface area contributed by atoms with E-state index in [9.17, 15) is 0 Å². The topological polar surface area (TPSA) is 41.1 Å². The molecule has 1 aliphatic heterocycles. The van der Waals surface area contributed by atoms with Gasteiger partial charge in [0.25, 0.3) is 0 Å². The molecule has 0 radical (unpaired) electrons. The summed E-state index contributed by atoms with van der Waals surface area (Å²) < 4.78 is 0. The zero-order chi connectivity index (χ0) is 11.5. The van der Waals surface area contributed by atoms with Crippen LogP contribution in [0.4, 0.5) is 5.95 Å². The summed E-state index contributed by atoms with van der Waals surface area (Å²) in [6.07, 6.45) is 3.00. The first-order chi connectivity index (χ1) is 7.69. The lowest BCUT2D eigenvalue weighted by atomic mass is 10.1. The zero-order valence-electron chi connectivity index (χ0n) is 10.3. The molecule has 1 aromatic heterocycles. The molecule has 1 aromatic rings. The zero-order valence-corrected chi connectivity index (χ0v) is 10.3. The number of hydrogen-bond acceptors (Lipinski definition) is 4. The number of rotatable bonds is 3. The Bertz CT molecular complexity index is 362. The first kappa shape index (κ1) is 11.3. The van der Waals surface area contributed by atoms with Crippen LogP contribution in [-0.2, 0) is 13.0 Å². The minimum Gasteiger partial charge on any atom is -0.357 e. The molecule has 0 fully saturated rings. The summed E-state index contributed by atoms with van der Waals surface area (Å²) in [6.45, 7) is 7.79. The standard InChI is InChI=1S/C12H20N4/c1-9(2)7-16-5-4-11-10(8-16)6-14-12(13-3)15-11/h6,9H,4-5,7-8H2,1-3H3,(H,13,14,15). The quantitative estimate of drug-likeness (QED) is 0.838. The van der Waals surface area contributed by atoms with E-state index in [1.54, 1.807) is 0 Å². The van der Waals surface area contributed by atoms with E-state index < -0.39 is 0 Å². The average Bonchev–Trinajstić information content (AvgIpc) is 2.27. The molecule has 88 valence electrons. The predicted octanol–water partition coefficient (Wildman–Crippen LogP) is 1.53. The second kappa shape index (κ2) is 4.78. The van der Waals surface area contributed by atoms with Gasteiger partial charge in [0.1, 0.15) is 0 Å². The lowest BCUT2D eigenvalue weighted by Crippen LogP contribution is -2.34. The van der Waals surface area contributed by atoms with Gasteiger partial charge >= 0.3 is 0 Å². The number of aromatic nitrogens is 2. The van der Waals surface area contributed by atoms with E-state index >= 15 is 0 Å². The van der Waals surface area contributed by atoms with Crippen LogP contribution in [0.1, 0.15) is 25.1 Å². The van der Waals surface area contributed by atoms with Crippen LogP contribution in [-0.4, -0.2) is 35.0 Å². The summed E-state index contributed by atoms with van der Waals surface area (Å²) >= 11 is 0. The van der Waals surface area contributed by atoms with Crippen molar-refractivity contribution in [1.82, 2.24) is 14.9 Å². The Labute approximate surface area is 97.1 Å². The van der Waals surface area contributed by atoms with Crippen LogP contribution in [0.2, 0.25) is 0 Å². The van der Waals surface area contributed by atoms with Crippen LogP contribution in [0.25, 0.3) is 0 Å². The molecule has 0 spiro atoms. The molecule has 1 N–H and O–H groups in total. The summed E-state index contributed by atoms with van der Waals surface area (Å²) in [5, 5.41) is 2.98. The summed E-state index contributed by atoms with van der Waals surface area (Å²) in [4.78, 5) is 11.3. The van der Waals surface area contributed by atoms with E-state index in [0.717, 1.165) is 37.9 Å². The minimum atomic E-state index is 0.721. The van der Waals surface area contributed by atoms with E-state index in [0.29, 0.717) is 0 Å². The molecule has 16 heavy (non-hydrogen) atoms. The Kier molecular flexibility index (Phi) is 3.39. The van der Waals surface area contributed by atoms with Gasteiger partial charge in [0.05, 0.1) is 5.69 Å². The maximum Gasteiger partial charge on any atom is 0.222 e. The molecule has 0 aromatic carbocycles. The highest BCUT2D eigenvalue weighted by Crippen LogP contribution is 2.18. The molecule has 2 heterocycles. The van der Waals surface area contributed by atoms with Crippen molar-refractivity contribution < 1.29 is 0 Å². The minimum absolute atomic E-state index is 0.721. The Morgan fingerprint density at radius 3 is 3.00 bits per heavy atom. The second-order valence-electron chi connectivity index (χ2n) is 4.79. The fourth-order valence-electron chi connectivity index (χ4n) is 2.17. The molecular formula is C12H20N4. The maximum absolute atomic E-state index is 4.50. The third kappa shape index (κ3) is 2.50. The first-order valence-electron chi connectivity index (χ1n) is 5.94.